The van der Waals surface area contributed by atoms with Crippen molar-refractivity contribution in [1.82, 2.24) is 10.6 Å². The number of amides is 2. The van der Waals surface area contributed by atoms with E-state index < -0.39 is 23.7 Å². The fourth-order valence-electron chi connectivity index (χ4n) is 5.24. The summed E-state index contributed by atoms with van der Waals surface area (Å²) < 4.78 is 16.0. The molecule has 0 unspecified atom stereocenters. The average molecular weight is 545 g/mol. The highest BCUT2D eigenvalue weighted by Gasteiger charge is 2.36. The highest BCUT2D eigenvalue weighted by Crippen LogP contribution is 2.38. The Morgan fingerprint density at radius 3 is 2.20 bits per heavy atom. The molecular formula is C32H36N2O6. The van der Waals surface area contributed by atoms with E-state index in [-0.39, 0.29) is 23.0 Å². The van der Waals surface area contributed by atoms with Crippen LogP contribution in [0.2, 0.25) is 0 Å². The molecule has 0 spiro atoms. The summed E-state index contributed by atoms with van der Waals surface area (Å²) in [6.07, 6.45) is 3.98. The van der Waals surface area contributed by atoms with Crippen LogP contribution in [0.4, 0.5) is 0 Å². The second-order valence-corrected chi connectivity index (χ2v) is 9.77. The summed E-state index contributed by atoms with van der Waals surface area (Å²) >= 11 is 0. The first-order valence-corrected chi connectivity index (χ1v) is 13.5. The number of Topliss-reactive ketones (excluding diaryl/α,β-unsaturated/α-hetero) is 1. The Hall–Kier alpha value is -4.33. The number of ether oxygens (including phenoxy) is 3. The zero-order valence-corrected chi connectivity index (χ0v) is 23.2. The minimum Gasteiger partial charge on any atom is -0.493 e. The Labute approximate surface area is 235 Å². The first-order chi connectivity index (χ1) is 19.5. The smallest absolute Gasteiger partial charge is 0.292 e. The summed E-state index contributed by atoms with van der Waals surface area (Å²) in [6.45, 7) is 0.537. The number of carbonyl (C=O) groups excluding carboxylic acids is 3. The fourth-order valence-corrected chi connectivity index (χ4v) is 5.24. The van der Waals surface area contributed by atoms with Crippen molar-refractivity contribution in [3.05, 3.63) is 89.0 Å². The predicted octanol–water partition coefficient (Wildman–Crippen LogP) is 4.25. The molecule has 2 amide bonds. The Kier molecular flexibility index (Phi) is 9.78. The summed E-state index contributed by atoms with van der Waals surface area (Å²) in [5.41, 5.74) is 3.33. The highest BCUT2D eigenvalue weighted by atomic mass is 16.5. The molecule has 0 aromatic heterocycles. The number of carbonyl (C=O) groups is 3. The van der Waals surface area contributed by atoms with Crippen LogP contribution in [0.5, 0.6) is 17.2 Å². The largest absolute Gasteiger partial charge is 0.493 e. The SMILES string of the molecule is COc1cc(C(=O)C(=O)N[C@@H]2CCc3ccccc3[C@H]2C(=O)NCCCCc2ccccc2)cc(OC)c1OC. The number of unbranched alkanes of at least 4 members (excludes halogenated alkanes) is 1. The number of ketones is 1. The van der Waals surface area contributed by atoms with Crippen LogP contribution in [0.15, 0.2) is 66.7 Å². The summed E-state index contributed by atoms with van der Waals surface area (Å²) in [6, 6.07) is 20.4. The van der Waals surface area contributed by atoms with Crippen molar-refractivity contribution >= 4 is 17.6 Å². The molecule has 3 aromatic carbocycles. The van der Waals surface area contributed by atoms with Crippen molar-refractivity contribution < 1.29 is 28.6 Å². The number of rotatable bonds is 12. The topological polar surface area (TPSA) is 103 Å². The molecule has 0 saturated heterocycles. The molecule has 0 fully saturated rings. The summed E-state index contributed by atoms with van der Waals surface area (Å²) in [4.78, 5) is 39.8. The zero-order chi connectivity index (χ0) is 28.5. The van der Waals surface area contributed by atoms with E-state index in [1.165, 1.54) is 39.0 Å². The molecule has 1 aliphatic rings. The lowest BCUT2D eigenvalue weighted by atomic mass is 9.78. The van der Waals surface area contributed by atoms with Crippen LogP contribution in [-0.2, 0) is 22.4 Å². The van der Waals surface area contributed by atoms with E-state index in [0.29, 0.717) is 25.1 Å². The van der Waals surface area contributed by atoms with Gasteiger partial charge in [-0.15, -0.1) is 0 Å². The van der Waals surface area contributed by atoms with E-state index in [0.717, 1.165) is 30.4 Å². The van der Waals surface area contributed by atoms with E-state index in [1.54, 1.807) is 0 Å². The van der Waals surface area contributed by atoms with E-state index in [2.05, 4.69) is 22.8 Å². The average Bonchev–Trinajstić information content (AvgIpc) is 2.99. The van der Waals surface area contributed by atoms with Crippen molar-refractivity contribution in [3.8, 4) is 17.2 Å². The van der Waals surface area contributed by atoms with Gasteiger partial charge in [-0.2, -0.15) is 0 Å². The third-order valence-electron chi connectivity index (χ3n) is 7.28. The molecule has 2 N–H and O–H groups in total. The van der Waals surface area contributed by atoms with Gasteiger partial charge in [0, 0.05) is 18.2 Å². The maximum atomic E-state index is 13.5. The molecule has 0 radical (unpaired) electrons. The van der Waals surface area contributed by atoms with Gasteiger partial charge in [-0.3, -0.25) is 14.4 Å². The highest BCUT2D eigenvalue weighted by molar-refractivity contribution is 6.43. The summed E-state index contributed by atoms with van der Waals surface area (Å²) in [7, 11) is 4.34. The quantitative estimate of drug-likeness (QED) is 0.201. The van der Waals surface area contributed by atoms with E-state index >= 15 is 0 Å². The van der Waals surface area contributed by atoms with Crippen molar-refractivity contribution in [2.24, 2.45) is 0 Å². The van der Waals surface area contributed by atoms with E-state index in [4.69, 9.17) is 14.2 Å². The first kappa shape index (κ1) is 28.7. The lowest BCUT2D eigenvalue weighted by Crippen LogP contribution is -2.49. The predicted molar refractivity (Wildman–Crippen MR) is 152 cm³/mol. The first-order valence-electron chi connectivity index (χ1n) is 13.5. The molecule has 8 heteroatoms. The van der Waals surface area contributed by atoms with Crippen molar-refractivity contribution in [3.63, 3.8) is 0 Å². The Morgan fingerprint density at radius 1 is 0.850 bits per heavy atom. The van der Waals surface area contributed by atoms with Gasteiger partial charge in [0.1, 0.15) is 0 Å². The molecule has 2 atom stereocenters. The summed E-state index contributed by atoms with van der Waals surface area (Å²) in [5.74, 6) is -1.43. The zero-order valence-electron chi connectivity index (χ0n) is 23.2. The monoisotopic (exact) mass is 544 g/mol. The molecule has 40 heavy (non-hydrogen) atoms. The van der Waals surface area contributed by atoms with Crippen molar-refractivity contribution in [2.45, 2.75) is 44.1 Å². The van der Waals surface area contributed by atoms with Gasteiger partial charge in [-0.25, -0.2) is 0 Å². The van der Waals surface area contributed by atoms with Crippen LogP contribution in [0.3, 0.4) is 0 Å². The number of fused-ring (bicyclic) bond motifs is 1. The Morgan fingerprint density at radius 2 is 1.52 bits per heavy atom. The van der Waals surface area contributed by atoms with Gasteiger partial charge in [0.15, 0.2) is 11.5 Å². The summed E-state index contributed by atoms with van der Waals surface area (Å²) in [5, 5.41) is 5.92. The van der Waals surface area contributed by atoms with Crippen molar-refractivity contribution in [2.75, 3.05) is 27.9 Å². The van der Waals surface area contributed by atoms with Gasteiger partial charge >= 0.3 is 0 Å². The number of benzene rings is 3. The number of hydrogen-bond donors (Lipinski definition) is 2. The van der Waals surface area contributed by atoms with Crippen LogP contribution in [0.1, 0.15) is 52.2 Å². The fraction of sp³-hybridized carbons (Fsp3) is 0.344. The second kappa shape index (κ2) is 13.6. The minimum atomic E-state index is -0.792. The number of hydrogen-bond acceptors (Lipinski definition) is 6. The lowest BCUT2D eigenvalue weighted by molar-refractivity contribution is -0.124. The van der Waals surface area contributed by atoms with Crippen LogP contribution in [0, 0.1) is 0 Å². The molecule has 3 aromatic rings. The van der Waals surface area contributed by atoms with Gasteiger partial charge in [-0.05, 0) is 60.9 Å². The molecule has 0 heterocycles. The molecule has 4 rings (SSSR count). The normalized spacial score (nSPS) is 15.9. The molecule has 0 aliphatic heterocycles. The second-order valence-electron chi connectivity index (χ2n) is 9.77. The molecule has 210 valence electrons. The lowest BCUT2D eigenvalue weighted by Gasteiger charge is -2.33. The van der Waals surface area contributed by atoms with Crippen LogP contribution < -0.4 is 24.8 Å². The van der Waals surface area contributed by atoms with Gasteiger partial charge in [0.2, 0.25) is 17.4 Å². The molecule has 1 aliphatic carbocycles. The third kappa shape index (κ3) is 6.62. The number of methoxy groups -OCH3 is 3. The van der Waals surface area contributed by atoms with E-state index in [9.17, 15) is 14.4 Å². The van der Waals surface area contributed by atoms with Gasteiger partial charge in [-0.1, -0.05) is 54.6 Å². The Balaban J connectivity index is 1.45. The van der Waals surface area contributed by atoms with Gasteiger partial charge < -0.3 is 24.8 Å². The number of nitrogens with one attached hydrogen (secondary N) is 2. The Bertz CT molecular complexity index is 1320. The third-order valence-corrected chi connectivity index (χ3v) is 7.28. The van der Waals surface area contributed by atoms with Crippen LogP contribution in [0.25, 0.3) is 0 Å². The minimum absolute atomic E-state index is 0.0997. The maximum Gasteiger partial charge on any atom is 0.292 e. The van der Waals surface area contributed by atoms with Crippen molar-refractivity contribution in [1.29, 1.82) is 0 Å². The molecular weight excluding hydrogens is 508 g/mol. The van der Waals surface area contributed by atoms with Gasteiger partial charge in [0.05, 0.1) is 27.2 Å². The van der Waals surface area contributed by atoms with Crippen LogP contribution in [-0.4, -0.2) is 51.5 Å². The van der Waals surface area contributed by atoms with Crippen LogP contribution >= 0.6 is 0 Å². The standard InChI is InChI=1S/C32H36N2O6/c1-38-26-19-23(20-27(39-2)30(26)40-3)29(35)32(37)34-25-17-16-22-14-7-8-15-24(22)28(25)31(36)33-18-10-9-13-21-11-5-4-6-12-21/h4-8,11-12,14-15,19-20,25,28H,9-10,13,16-18H2,1-3H3,(H,33,36)(H,34,37)/t25-,28-/m1/s1. The van der Waals surface area contributed by atoms with Gasteiger partial charge in [0.25, 0.3) is 5.91 Å². The van der Waals surface area contributed by atoms with E-state index in [1.807, 2.05) is 42.5 Å². The number of aryl methyl sites for hydroxylation is 2. The maximum absolute atomic E-state index is 13.5. The molecule has 0 bridgehead atoms. The molecule has 0 saturated carbocycles. The molecule has 8 nitrogen and oxygen atoms in total.